The third-order valence-corrected chi connectivity index (χ3v) is 4.59. The van der Waals surface area contributed by atoms with E-state index in [-0.39, 0.29) is 5.91 Å². The average molecular weight is 359 g/mol. The number of carbonyl (C=O) groups is 1. The predicted octanol–water partition coefficient (Wildman–Crippen LogP) is 3.18. The molecule has 3 aromatic rings. The highest BCUT2D eigenvalue weighted by Crippen LogP contribution is 2.18. The van der Waals surface area contributed by atoms with Gasteiger partial charge in [-0.2, -0.15) is 0 Å². The van der Waals surface area contributed by atoms with Gasteiger partial charge in [-0.1, -0.05) is 24.3 Å². The highest BCUT2D eigenvalue weighted by atomic mass is 16.2. The molecular formula is C21H21N5O. The van der Waals surface area contributed by atoms with E-state index < -0.39 is 0 Å². The number of carbonyl (C=O) groups excluding carboxylic acids is 1. The van der Waals surface area contributed by atoms with Crippen LogP contribution in [0.1, 0.15) is 10.4 Å². The van der Waals surface area contributed by atoms with Crippen molar-refractivity contribution in [2.75, 3.05) is 36.4 Å². The predicted molar refractivity (Wildman–Crippen MR) is 106 cm³/mol. The van der Waals surface area contributed by atoms with Gasteiger partial charge in [0.1, 0.15) is 11.6 Å². The molecule has 1 saturated heterocycles. The maximum absolute atomic E-state index is 12.9. The Morgan fingerprint density at radius 1 is 0.852 bits per heavy atom. The van der Waals surface area contributed by atoms with Crippen molar-refractivity contribution in [2.45, 2.75) is 0 Å². The van der Waals surface area contributed by atoms with Gasteiger partial charge in [0.2, 0.25) is 0 Å². The lowest BCUT2D eigenvalue weighted by molar-refractivity contribution is 0.0746. The van der Waals surface area contributed by atoms with Gasteiger partial charge in [-0.25, -0.2) is 9.97 Å². The number of amides is 1. The van der Waals surface area contributed by atoms with Crippen LogP contribution in [0.25, 0.3) is 0 Å². The molecule has 6 heteroatoms. The molecule has 3 heterocycles. The van der Waals surface area contributed by atoms with Crippen molar-refractivity contribution in [2.24, 2.45) is 0 Å². The molecule has 1 N–H and O–H groups in total. The van der Waals surface area contributed by atoms with Gasteiger partial charge in [0, 0.05) is 49.8 Å². The first-order valence-corrected chi connectivity index (χ1v) is 9.03. The lowest BCUT2D eigenvalue weighted by Crippen LogP contribution is -2.49. The lowest BCUT2D eigenvalue weighted by Gasteiger charge is -2.35. The Kier molecular flexibility index (Phi) is 4.96. The first-order valence-electron chi connectivity index (χ1n) is 9.03. The minimum absolute atomic E-state index is 0.0363. The Labute approximate surface area is 158 Å². The number of rotatable bonds is 4. The molecular weight excluding hydrogens is 338 g/mol. The van der Waals surface area contributed by atoms with E-state index in [1.165, 1.54) is 0 Å². The van der Waals surface area contributed by atoms with Gasteiger partial charge in [-0.3, -0.25) is 4.79 Å². The van der Waals surface area contributed by atoms with E-state index in [9.17, 15) is 4.79 Å². The summed E-state index contributed by atoms with van der Waals surface area (Å²) in [6, 6.07) is 19.3. The molecule has 1 aliphatic heterocycles. The first-order chi connectivity index (χ1) is 13.3. The number of para-hydroxylation sites is 1. The van der Waals surface area contributed by atoms with Gasteiger partial charge < -0.3 is 15.1 Å². The van der Waals surface area contributed by atoms with Gasteiger partial charge in [0.05, 0.1) is 0 Å². The Hall–Kier alpha value is -3.41. The summed E-state index contributed by atoms with van der Waals surface area (Å²) in [5.74, 6) is 1.66. The number of hydrogen-bond donors (Lipinski definition) is 1. The normalized spacial score (nSPS) is 14.1. The second-order valence-electron chi connectivity index (χ2n) is 6.39. The minimum atomic E-state index is 0.0363. The number of nitrogens with zero attached hydrogens (tertiary/aromatic N) is 4. The number of hydrogen-bond acceptors (Lipinski definition) is 5. The van der Waals surface area contributed by atoms with E-state index >= 15 is 0 Å². The molecule has 27 heavy (non-hydrogen) atoms. The quantitative estimate of drug-likeness (QED) is 0.775. The summed E-state index contributed by atoms with van der Waals surface area (Å²) in [6.07, 6.45) is 3.47. The van der Waals surface area contributed by atoms with Crippen molar-refractivity contribution in [3.05, 3.63) is 78.6 Å². The second-order valence-corrected chi connectivity index (χ2v) is 6.39. The molecule has 1 amide bonds. The van der Waals surface area contributed by atoms with Crippen LogP contribution in [0.3, 0.4) is 0 Å². The molecule has 1 aromatic carbocycles. The van der Waals surface area contributed by atoms with E-state index in [0.717, 1.165) is 24.6 Å². The third-order valence-electron chi connectivity index (χ3n) is 4.59. The summed E-state index contributed by atoms with van der Waals surface area (Å²) < 4.78 is 0. The van der Waals surface area contributed by atoms with Crippen molar-refractivity contribution in [3.63, 3.8) is 0 Å². The number of nitrogens with one attached hydrogen (secondary N) is 1. The van der Waals surface area contributed by atoms with Crippen LogP contribution < -0.4 is 10.2 Å². The van der Waals surface area contributed by atoms with Gasteiger partial charge in [-0.15, -0.1) is 0 Å². The van der Waals surface area contributed by atoms with Gasteiger partial charge in [0.25, 0.3) is 5.91 Å². The fourth-order valence-corrected chi connectivity index (χ4v) is 3.16. The molecule has 0 spiro atoms. The Bertz CT molecular complexity index is 893. The SMILES string of the molecule is O=C(c1ccnc(Nc2ccccc2)c1)N1CCN(c2ccccn2)CC1. The maximum atomic E-state index is 12.9. The molecule has 0 radical (unpaired) electrons. The van der Waals surface area contributed by atoms with E-state index in [1.54, 1.807) is 24.5 Å². The molecule has 136 valence electrons. The van der Waals surface area contributed by atoms with Crippen LogP contribution in [0.15, 0.2) is 73.1 Å². The molecule has 1 fully saturated rings. The summed E-state index contributed by atoms with van der Waals surface area (Å²) in [5.41, 5.74) is 1.59. The van der Waals surface area contributed by atoms with Gasteiger partial charge in [-0.05, 0) is 36.4 Å². The molecule has 0 atom stereocenters. The Balaban J connectivity index is 1.41. The van der Waals surface area contributed by atoms with Crippen molar-refractivity contribution in [3.8, 4) is 0 Å². The number of benzene rings is 1. The van der Waals surface area contributed by atoms with Crippen LogP contribution in [0.5, 0.6) is 0 Å². The van der Waals surface area contributed by atoms with Crippen LogP contribution in [-0.2, 0) is 0 Å². The molecule has 1 aliphatic rings. The number of aromatic nitrogens is 2. The van der Waals surface area contributed by atoms with Crippen LogP contribution >= 0.6 is 0 Å². The smallest absolute Gasteiger partial charge is 0.254 e. The number of anilines is 3. The van der Waals surface area contributed by atoms with Gasteiger partial charge in [0.15, 0.2) is 0 Å². The second kappa shape index (κ2) is 7.86. The molecule has 2 aromatic heterocycles. The minimum Gasteiger partial charge on any atom is -0.353 e. The van der Waals surface area contributed by atoms with E-state index in [4.69, 9.17) is 0 Å². The van der Waals surface area contributed by atoms with Gasteiger partial charge >= 0.3 is 0 Å². The Morgan fingerprint density at radius 3 is 2.37 bits per heavy atom. The van der Waals surface area contributed by atoms with E-state index in [2.05, 4.69) is 20.2 Å². The zero-order chi connectivity index (χ0) is 18.5. The number of piperazine rings is 1. The zero-order valence-electron chi connectivity index (χ0n) is 15.0. The first kappa shape index (κ1) is 17.0. The van der Waals surface area contributed by atoms with Crippen LogP contribution in [-0.4, -0.2) is 47.0 Å². The van der Waals surface area contributed by atoms with Crippen LogP contribution in [0.4, 0.5) is 17.3 Å². The summed E-state index contributed by atoms with van der Waals surface area (Å²) in [7, 11) is 0. The highest BCUT2D eigenvalue weighted by molar-refractivity contribution is 5.95. The van der Waals surface area contributed by atoms with Crippen molar-refractivity contribution >= 4 is 23.2 Å². The third kappa shape index (κ3) is 4.06. The standard InChI is InChI=1S/C21H21N5O/c27-21(26-14-12-25(13-15-26)20-8-4-5-10-23-20)17-9-11-22-19(16-17)24-18-6-2-1-3-7-18/h1-11,16H,12-15H2,(H,22,24). The van der Waals surface area contributed by atoms with Crippen molar-refractivity contribution in [1.29, 1.82) is 0 Å². The number of pyridine rings is 2. The fourth-order valence-electron chi connectivity index (χ4n) is 3.16. The van der Waals surface area contributed by atoms with E-state index in [1.807, 2.05) is 53.4 Å². The molecule has 0 unspecified atom stereocenters. The molecule has 4 rings (SSSR count). The van der Waals surface area contributed by atoms with Crippen LogP contribution in [0.2, 0.25) is 0 Å². The Morgan fingerprint density at radius 2 is 1.63 bits per heavy atom. The zero-order valence-corrected chi connectivity index (χ0v) is 15.0. The largest absolute Gasteiger partial charge is 0.353 e. The summed E-state index contributed by atoms with van der Waals surface area (Å²) in [5, 5.41) is 3.23. The van der Waals surface area contributed by atoms with Crippen molar-refractivity contribution < 1.29 is 4.79 Å². The molecule has 0 aliphatic carbocycles. The van der Waals surface area contributed by atoms with Crippen LogP contribution in [0, 0.1) is 0 Å². The fraction of sp³-hybridized carbons (Fsp3) is 0.190. The topological polar surface area (TPSA) is 61.4 Å². The van der Waals surface area contributed by atoms with E-state index in [0.29, 0.717) is 24.5 Å². The monoisotopic (exact) mass is 359 g/mol. The maximum Gasteiger partial charge on any atom is 0.254 e. The summed E-state index contributed by atoms with van der Waals surface area (Å²) in [4.78, 5) is 25.7. The average Bonchev–Trinajstić information content (AvgIpc) is 2.75. The highest BCUT2D eigenvalue weighted by Gasteiger charge is 2.23. The molecule has 0 bridgehead atoms. The van der Waals surface area contributed by atoms with Crippen molar-refractivity contribution in [1.82, 2.24) is 14.9 Å². The lowest BCUT2D eigenvalue weighted by atomic mass is 10.2. The molecule has 6 nitrogen and oxygen atoms in total. The molecule has 0 saturated carbocycles. The summed E-state index contributed by atoms with van der Waals surface area (Å²) in [6.45, 7) is 2.92. The summed E-state index contributed by atoms with van der Waals surface area (Å²) >= 11 is 0.